The van der Waals surface area contributed by atoms with E-state index in [-0.39, 0.29) is 16.5 Å². The number of sulfonamides is 1. The number of anilines is 3. The summed E-state index contributed by atoms with van der Waals surface area (Å²) in [6, 6.07) is 19.5. The fraction of sp³-hybridized carbons (Fsp3) is 0. The maximum atomic E-state index is 13.2. The Morgan fingerprint density at radius 3 is 2.19 bits per heavy atom. The van der Waals surface area contributed by atoms with Crippen molar-refractivity contribution < 1.29 is 8.42 Å². The first-order chi connectivity index (χ1) is 15.0. The molecule has 154 valence electrons. The molecule has 2 heterocycles. The number of hydrogen-bond acceptors (Lipinski definition) is 8. The lowest BCUT2D eigenvalue weighted by atomic mass is 10.3. The van der Waals surface area contributed by atoms with Gasteiger partial charge < -0.3 is 5.32 Å². The minimum Gasteiger partial charge on any atom is -0.337 e. The van der Waals surface area contributed by atoms with E-state index in [4.69, 9.17) is 0 Å². The first kappa shape index (κ1) is 19.8. The maximum absolute atomic E-state index is 13.2. The number of halogens is 1. The van der Waals surface area contributed by atoms with E-state index in [0.717, 1.165) is 21.9 Å². The lowest BCUT2D eigenvalue weighted by Gasteiger charge is -2.14. The van der Waals surface area contributed by atoms with Crippen LogP contribution in [0.15, 0.2) is 76.1 Å². The molecule has 2 aromatic heterocycles. The van der Waals surface area contributed by atoms with Crippen molar-refractivity contribution in [1.82, 2.24) is 18.7 Å². The largest absolute Gasteiger partial charge is 0.337 e. The van der Waals surface area contributed by atoms with Crippen LogP contribution in [0.2, 0.25) is 0 Å². The molecule has 0 amide bonds. The molecule has 0 saturated carbocycles. The fourth-order valence-electron chi connectivity index (χ4n) is 3.01. The quantitative estimate of drug-likeness (QED) is 0.343. The van der Waals surface area contributed by atoms with Gasteiger partial charge in [0.15, 0.2) is 11.6 Å². The van der Waals surface area contributed by atoms with Crippen molar-refractivity contribution in [2.45, 2.75) is 4.90 Å². The summed E-state index contributed by atoms with van der Waals surface area (Å²) in [4.78, 5) is 9.13. The molecule has 5 rings (SSSR count). The van der Waals surface area contributed by atoms with Crippen molar-refractivity contribution in [2.24, 2.45) is 0 Å². The molecule has 0 saturated heterocycles. The number of nitrogens with zero attached hydrogens (tertiary/aromatic N) is 4. The van der Waals surface area contributed by atoms with E-state index < -0.39 is 10.0 Å². The first-order valence-electron chi connectivity index (χ1n) is 9.03. The zero-order chi connectivity index (χ0) is 21.4. The van der Waals surface area contributed by atoms with Gasteiger partial charge in [0.1, 0.15) is 15.9 Å². The van der Waals surface area contributed by atoms with Crippen molar-refractivity contribution in [1.29, 1.82) is 0 Å². The molecule has 0 radical (unpaired) electrons. The summed E-state index contributed by atoms with van der Waals surface area (Å²) in [7, 11) is -4.00. The summed E-state index contributed by atoms with van der Waals surface area (Å²) in [5.41, 5.74) is 2.77. The van der Waals surface area contributed by atoms with Gasteiger partial charge in [-0.3, -0.25) is 4.72 Å². The Hall–Kier alpha value is -3.15. The topological polar surface area (TPSA) is 110 Å². The van der Waals surface area contributed by atoms with Crippen LogP contribution in [0.4, 0.5) is 17.3 Å². The van der Waals surface area contributed by atoms with Gasteiger partial charge in [-0.25, -0.2) is 18.4 Å². The minimum atomic E-state index is -4.00. The number of para-hydroxylation sites is 2. The normalized spacial score (nSPS) is 11.6. The zero-order valence-corrected chi connectivity index (χ0v) is 18.9. The summed E-state index contributed by atoms with van der Waals surface area (Å²) in [6.45, 7) is 0. The highest BCUT2D eigenvalue weighted by molar-refractivity contribution is 9.10. The smallest absolute Gasteiger partial charge is 0.265 e. The average Bonchev–Trinajstić information content (AvgIpc) is 3.24. The molecule has 11 heteroatoms. The first-order valence-corrected chi connectivity index (χ1v) is 12.0. The Morgan fingerprint density at radius 2 is 1.45 bits per heavy atom. The molecule has 0 aliphatic carbocycles. The summed E-state index contributed by atoms with van der Waals surface area (Å²) < 4.78 is 38.2. The average molecular weight is 513 g/mol. The van der Waals surface area contributed by atoms with Crippen molar-refractivity contribution in [3.63, 3.8) is 0 Å². The van der Waals surface area contributed by atoms with Crippen LogP contribution in [0, 0.1) is 0 Å². The number of aromatic nitrogens is 4. The van der Waals surface area contributed by atoms with Crippen LogP contribution in [0.1, 0.15) is 0 Å². The summed E-state index contributed by atoms with van der Waals surface area (Å²) in [6.07, 6.45) is 0. The Labute approximate surface area is 189 Å². The summed E-state index contributed by atoms with van der Waals surface area (Å²) in [5, 5.41) is 3.15. The number of benzene rings is 3. The van der Waals surface area contributed by atoms with Gasteiger partial charge >= 0.3 is 0 Å². The molecule has 0 aliphatic rings. The van der Waals surface area contributed by atoms with Crippen molar-refractivity contribution in [2.75, 3.05) is 10.0 Å². The molecule has 5 aromatic rings. The molecule has 0 aliphatic heterocycles. The molecule has 2 N–H and O–H groups in total. The summed E-state index contributed by atoms with van der Waals surface area (Å²) in [5.74, 6) is 0.370. The highest BCUT2D eigenvalue weighted by Crippen LogP contribution is 2.29. The zero-order valence-electron chi connectivity index (χ0n) is 15.7. The predicted octanol–water partition coefficient (Wildman–Crippen LogP) is 4.94. The standard InChI is InChI=1S/C20H13BrN6O2S2/c21-12-8-10-13(11-9-12)22-19-20(24-15-5-2-1-4-14(15)23-19)27-31(28,29)17-7-3-6-16-18(17)26-30-25-16/h1-11H,(H,22,23)(H,24,27). The van der Waals surface area contributed by atoms with Crippen LogP contribution in [0.3, 0.4) is 0 Å². The van der Waals surface area contributed by atoms with Crippen LogP contribution >= 0.6 is 27.7 Å². The Kier molecular flexibility index (Phi) is 5.00. The monoisotopic (exact) mass is 512 g/mol. The second-order valence-corrected chi connectivity index (χ2v) is 9.63. The molecule has 0 unspecified atom stereocenters. The van der Waals surface area contributed by atoms with E-state index in [0.29, 0.717) is 22.1 Å². The van der Waals surface area contributed by atoms with Crippen LogP contribution in [0.5, 0.6) is 0 Å². The molecular formula is C20H13BrN6O2S2. The summed E-state index contributed by atoms with van der Waals surface area (Å²) >= 11 is 4.36. The van der Waals surface area contributed by atoms with E-state index in [1.54, 1.807) is 18.2 Å². The third kappa shape index (κ3) is 3.94. The Morgan fingerprint density at radius 1 is 0.774 bits per heavy atom. The van der Waals surface area contributed by atoms with Crippen LogP contribution in [-0.4, -0.2) is 27.1 Å². The second kappa shape index (κ2) is 7.84. The van der Waals surface area contributed by atoms with Gasteiger partial charge in [0.2, 0.25) is 0 Å². The van der Waals surface area contributed by atoms with Crippen LogP contribution in [-0.2, 0) is 10.0 Å². The van der Waals surface area contributed by atoms with E-state index in [2.05, 4.69) is 44.7 Å². The molecule has 31 heavy (non-hydrogen) atoms. The number of nitrogens with one attached hydrogen (secondary N) is 2. The van der Waals surface area contributed by atoms with E-state index in [1.165, 1.54) is 6.07 Å². The van der Waals surface area contributed by atoms with Gasteiger partial charge in [-0.1, -0.05) is 34.1 Å². The predicted molar refractivity (Wildman–Crippen MR) is 125 cm³/mol. The SMILES string of the molecule is O=S(=O)(Nc1nc2ccccc2nc1Nc1ccc(Br)cc1)c1cccc2nsnc12. The van der Waals surface area contributed by atoms with E-state index >= 15 is 0 Å². The van der Waals surface area contributed by atoms with Crippen molar-refractivity contribution >= 4 is 77.1 Å². The second-order valence-electron chi connectivity index (χ2n) is 6.54. The Bertz CT molecular complexity index is 1520. The third-order valence-corrected chi connectivity index (χ3v) is 6.89. The molecule has 8 nitrogen and oxygen atoms in total. The molecule has 0 atom stereocenters. The van der Waals surface area contributed by atoms with Gasteiger partial charge in [0, 0.05) is 10.2 Å². The highest BCUT2D eigenvalue weighted by atomic mass is 79.9. The fourth-order valence-corrected chi connectivity index (χ4v) is 5.05. The third-order valence-electron chi connectivity index (χ3n) is 4.45. The highest BCUT2D eigenvalue weighted by Gasteiger charge is 2.22. The van der Waals surface area contributed by atoms with Gasteiger partial charge in [-0.05, 0) is 48.5 Å². The lowest BCUT2D eigenvalue weighted by molar-refractivity contribution is 0.602. The molecular weight excluding hydrogens is 500 g/mol. The van der Waals surface area contributed by atoms with Crippen LogP contribution in [0.25, 0.3) is 22.1 Å². The van der Waals surface area contributed by atoms with E-state index in [9.17, 15) is 8.42 Å². The number of rotatable bonds is 5. The van der Waals surface area contributed by atoms with Crippen molar-refractivity contribution in [3.05, 3.63) is 71.2 Å². The molecule has 0 bridgehead atoms. The minimum absolute atomic E-state index is 0.0308. The molecule has 3 aromatic carbocycles. The lowest BCUT2D eigenvalue weighted by Crippen LogP contribution is -2.16. The van der Waals surface area contributed by atoms with Gasteiger partial charge in [0.25, 0.3) is 10.0 Å². The van der Waals surface area contributed by atoms with Crippen LogP contribution < -0.4 is 10.0 Å². The maximum Gasteiger partial charge on any atom is 0.265 e. The molecule has 0 fully saturated rings. The van der Waals surface area contributed by atoms with Crippen molar-refractivity contribution in [3.8, 4) is 0 Å². The molecule has 0 spiro atoms. The van der Waals surface area contributed by atoms with Gasteiger partial charge in [-0.2, -0.15) is 8.75 Å². The number of hydrogen-bond donors (Lipinski definition) is 2. The van der Waals surface area contributed by atoms with E-state index in [1.807, 2.05) is 42.5 Å². The number of fused-ring (bicyclic) bond motifs is 2. The van der Waals surface area contributed by atoms with Gasteiger partial charge in [0.05, 0.1) is 22.8 Å². The van der Waals surface area contributed by atoms with Gasteiger partial charge in [-0.15, -0.1) is 0 Å². The Balaban J connectivity index is 1.60.